The van der Waals surface area contributed by atoms with Gasteiger partial charge in [-0.3, -0.25) is 0 Å². The molecule has 2 unspecified atom stereocenters. The Labute approximate surface area is 106 Å². The number of ether oxygens (including phenoxy) is 1. The number of halogens is 1. The lowest BCUT2D eigenvalue weighted by Crippen LogP contribution is -2.32. The Morgan fingerprint density at radius 1 is 1.53 bits per heavy atom. The minimum Gasteiger partial charge on any atom is -0.496 e. The maximum atomic E-state index is 14.0. The van der Waals surface area contributed by atoms with Crippen molar-refractivity contribution in [3.8, 4) is 5.75 Å². The number of hydrogen-bond acceptors (Lipinski definition) is 3. The van der Waals surface area contributed by atoms with E-state index in [0.717, 1.165) is 29.1 Å². The number of hydrogen-bond donors (Lipinski definition) is 1. The van der Waals surface area contributed by atoms with Crippen LogP contribution in [0.1, 0.15) is 30.5 Å². The average molecular weight is 255 g/mol. The summed E-state index contributed by atoms with van der Waals surface area (Å²) in [4.78, 5) is 0. The zero-order valence-corrected chi connectivity index (χ0v) is 11.2. The molecule has 0 bridgehead atoms. The smallest absolute Gasteiger partial charge is 0.128 e. The van der Waals surface area contributed by atoms with Crippen LogP contribution in [0.3, 0.4) is 0 Å². The molecule has 0 aliphatic carbocycles. The van der Waals surface area contributed by atoms with Crippen molar-refractivity contribution in [1.29, 1.82) is 0 Å². The molecule has 0 radical (unpaired) electrons. The minimum atomic E-state index is -0.126. The van der Waals surface area contributed by atoms with Gasteiger partial charge in [-0.2, -0.15) is 11.8 Å². The van der Waals surface area contributed by atoms with Gasteiger partial charge in [0.1, 0.15) is 11.6 Å². The first kappa shape index (κ1) is 12.7. The summed E-state index contributed by atoms with van der Waals surface area (Å²) in [5.41, 5.74) is 1.79. The highest BCUT2D eigenvalue weighted by Crippen LogP contribution is 2.43. The fraction of sp³-hybridized carbons (Fsp3) is 0.538. The second kappa shape index (κ2) is 5.27. The van der Waals surface area contributed by atoms with Gasteiger partial charge in [0.25, 0.3) is 0 Å². The third kappa shape index (κ3) is 2.16. The molecule has 1 aromatic rings. The lowest BCUT2D eigenvalue weighted by molar-refractivity contribution is 0.404. The van der Waals surface area contributed by atoms with Gasteiger partial charge in [0, 0.05) is 28.2 Å². The molecule has 2 atom stereocenters. The largest absolute Gasteiger partial charge is 0.496 e. The molecule has 1 aliphatic rings. The molecule has 94 valence electrons. The van der Waals surface area contributed by atoms with Crippen LogP contribution in [0.15, 0.2) is 12.1 Å². The maximum absolute atomic E-state index is 14.0. The standard InChI is InChI=1S/C13H18FNOS/c1-4-11-13(15-2)12-8(7-17-11)10(16-3)6-5-9(12)14/h5-6,11,13,15H,4,7H2,1-3H3. The first-order chi connectivity index (χ1) is 8.22. The summed E-state index contributed by atoms with van der Waals surface area (Å²) in [6.07, 6.45) is 1.03. The quantitative estimate of drug-likeness (QED) is 0.896. The van der Waals surface area contributed by atoms with Crippen LogP contribution in [0.2, 0.25) is 0 Å². The van der Waals surface area contributed by atoms with E-state index in [2.05, 4.69) is 12.2 Å². The van der Waals surface area contributed by atoms with Crippen molar-refractivity contribution < 1.29 is 9.13 Å². The van der Waals surface area contributed by atoms with Gasteiger partial charge in [-0.05, 0) is 25.6 Å². The van der Waals surface area contributed by atoms with Crippen LogP contribution in [-0.2, 0) is 5.75 Å². The number of nitrogens with one attached hydrogen (secondary N) is 1. The molecule has 0 spiro atoms. The van der Waals surface area contributed by atoms with Gasteiger partial charge in [0.15, 0.2) is 0 Å². The summed E-state index contributed by atoms with van der Waals surface area (Å²) >= 11 is 1.87. The monoisotopic (exact) mass is 255 g/mol. The van der Waals surface area contributed by atoms with E-state index in [9.17, 15) is 4.39 Å². The molecular weight excluding hydrogens is 237 g/mol. The molecule has 1 heterocycles. The third-order valence-electron chi connectivity index (χ3n) is 3.32. The Hall–Kier alpha value is -0.740. The molecule has 0 saturated carbocycles. The Kier molecular flexibility index (Phi) is 3.94. The number of rotatable bonds is 3. The van der Waals surface area contributed by atoms with Crippen LogP contribution in [0.25, 0.3) is 0 Å². The summed E-state index contributed by atoms with van der Waals surface area (Å²) in [5.74, 6) is 1.50. The van der Waals surface area contributed by atoms with Crippen molar-refractivity contribution in [1.82, 2.24) is 5.32 Å². The van der Waals surface area contributed by atoms with Crippen LogP contribution in [0, 0.1) is 5.82 Å². The highest BCUT2D eigenvalue weighted by Gasteiger charge is 2.32. The molecule has 4 heteroatoms. The van der Waals surface area contributed by atoms with E-state index in [1.165, 1.54) is 6.07 Å². The molecule has 17 heavy (non-hydrogen) atoms. The third-order valence-corrected chi connectivity index (χ3v) is 4.81. The zero-order valence-electron chi connectivity index (χ0n) is 10.4. The Balaban J connectivity index is 2.52. The van der Waals surface area contributed by atoms with Crippen molar-refractivity contribution in [3.63, 3.8) is 0 Å². The second-order valence-corrected chi connectivity index (χ2v) is 5.39. The number of thioether (sulfide) groups is 1. The van der Waals surface area contributed by atoms with Crippen LogP contribution < -0.4 is 10.1 Å². The SMILES string of the molecule is CCC1SCc2c(OC)ccc(F)c2C1NC. The predicted octanol–water partition coefficient (Wildman–Crippen LogP) is 3.12. The highest BCUT2D eigenvalue weighted by atomic mass is 32.2. The highest BCUT2D eigenvalue weighted by molar-refractivity contribution is 7.99. The van der Waals surface area contributed by atoms with Crippen LogP contribution in [0.4, 0.5) is 4.39 Å². The normalized spacial score (nSPS) is 23.3. The molecule has 2 nitrogen and oxygen atoms in total. The average Bonchev–Trinajstić information content (AvgIpc) is 2.37. The molecule has 0 saturated heterocycles. The van der Waals surface area contributed by atoms with Crippen molar-refractivity contribution in [3.05, 3.63) is 29.1 Å². The van der Waals surface area contributed by atoms with Crippen LogP contribution in [-0.4, -0.2) is 19.4 Å². The molecule has 1 N–H and O–H groups in total. The van der Waals surface area contributed by atoms with E-state index in [0.29, 0.717) is 5.25 Å². The molecular formula is C13H18FNOS. The summed E-state index contributed by atoms with van der Waals surface area (Å²) < 4.78 is 19.4. The van der Waals surface area contributed by atoms with Crippen molar-refractivity contribution >= 4 is 11.8 Å². The molecule has 2 rings (SSSR count). The van der Waals surface area contributed by atoms with Gasteiger partial charge in [-0.15, -0.1) is 0 Å². The van der Waals surface area contributed by atoms with Gasteiger partial charge >= 0.3 is 0 Å². The Morgan fingerprint density at radius 3 is 2.88 bits per heavy atom. The minimum absolute atomic E-state index is 0.0730. The molecule has 0 aromatic heterocycles. The van der Waals surface area contributed by atoms with Gasteiger partial charge in [-0.25, -0.2) is 4.39 Å². The summed E-state index contributed by atoms with van der Waals surface area (Å²) in [5, 5.41) is 3.66. The van der Waals surface area contributed by atoms with Crippen molar-refractivity contribution in [2.24, 2.45) is 0 Å². The molecule has 1 aliphatic heterocycles. The fourth-order valence-corrected chi connectivity index (χ4v) is 3.83. The van der Waals surface area contributed by atoms with Crippen molar-refractivity contribution in [2.45, 2.75) is 30.4 Å². The lowest BCUT2D eigenvalue weighted by Gasteiger charge is -2.33. The van der Waals surface area contributed by atoms with Crippen LogP contribution >= 0.6 is 11.8 Å². The first-order valence-electron chi connectivity index (χ1n) is 5.87. The summed E-state index contributed by atoms with van der Waals surface area (Å²) in [7, 11) is 3.53. The van der Waals surface area contributed by atoms with Crippen LogP contribution in [0.5, 0.6) is 5.75 Å². The van der Waals surface area contributed by atoms with E-state index in [4.69, 9.17) is 4.74 Å². The van der Waals surface area contributed by atoms with Crippen molar-refractivity contribution in [2.75, 3.05) is 14.2 Å². The van der Waals surface area contributed by atoms with E-state index < -0.39 is 0 Å². The predicted molar refractivity (Wildman–Crippen MR) is 70.1 cm³/mol. The lowest BCUT2D eigenvalue weighted by atomic mass is 9.95. The van der Waals surface area contributed by atoms with E-state index in [1.807, 2.05) is 18.8 Å². The topological polar surface area (TPSA) is 21.3 Å². The Bertz CT molecular complexity index is 411. The second-order valence-electron chi connectivity index (χ2n) is 4.17. The summed E-state index contributed by atoms with van der Waals surface area (Å²) in [6, 6.07) is 3.29. The van der Waals surface area contributed by atoms with E-state index >= 15 is 0 Å². The molecule has 0 fully saturated rings. The van der Waals surface area contributed by atoms with E-state index in [1.54, 1.807) is 13.2 Å². The molecule has 0 amide bonds. The van der Waals surface area contributed by atoms with Gasteiger partial charge in [-0.1, -0.05) is 6.92 Å². The van der Waals surface area contributed by atoms with Gasteiger partial charge in [0.05, 0.1) is 7.11 Å². The fourth-order valence-electron chi connectivity index (χ4n) is 2.45. The Morgan fingerprint density at radius 2 is 2.29 bits per heavy atom. The number of benzene rings is 1. The molecule has 1 aromatic carbocycles. The summed E-state index contributed by atoms with van der Waals surface area (Å²) in [6.45, 7) is 2.14. The van der Waals surface area contributed by atoms with Gasteiger partial charge in [0.2, 0.25) is 0 Å². The maximum Gasteiger partial charge on any atom is 0.128 e. The first-order valence-corrected chi connectivity index (χ1v) is 6.91. The number of fused-ring (bicyclic) bond motifs is 1. The van der Waals surface area contributed by atoms with E-state index in [-0.39, 0.29) is 11.9 Å². The van der Waals surface area contributed by atoms with Gasteiger partial charge < -0.3 is 10.1 Å². The zero-order chi connectivity index (χ0) is 12.4. The number of methoxy groups -OCH3 is 1.